The molecule has 374 valence electrons. The summed E-state index contributed by atoms with van der Waals surface area (Å²) in [6, 6.07) is 0. The summed E-state index contributed by atoms with van der Waals surface area (Å²) < 4.78 is 16.8. The van der Waals surface area contributed by atoms with Crippen LogP contribution in [0.4, 0.5) is 0 Å². The third-order valence-corrected chi connectivity index (χ3v) is 11.0. The molecule has 1 unspecified atom stereocenters. The maximum absolute atomic E-state index is 12.8. The molecule has 66 heavy (non-hydrogen) atoms. The number of hydrogen-bond donors (Lipinski definition) is 0. The largest absolute Gasteiger partial charge is 0.462 e. The van der Waals surface area contributed by atoms with E-state index in [4.69, 9.17) is 14.2 Å². The first-order valence-corrected chi connectivity index (χ1v) is 26.9. The summed E-state index contributed by atoms with van der Waals surface area (Å²) in [5.41, 5.74) is 0. The van der Waals surface area contributed by atoms with E-state index in [1.165, 1.54) is 77.0 Å². The highest BCUT2D eigenvalue weighted by atomic mass is 16.6. The van der Waals surface area contributed by atoms with Crippen LogP contribution in [0, 0.1) is 0 Å². The van der Waals surface area contributed by atoms with Gasteiger partial charge in [0.15, 0.2) is 6.10 Å². The lowest BCUT2D eigenvalue weighted by atomic mass is 10.1. The van der Waals surface area contributed by atoms with Gasteiger partial charge in [0.2, 0.25) is 0 Å². The number of allylic oxidation sites excluding steroid dienone is 18. The number of rotatable bonds is 47. The number of carbonyl (C=O) groups excluding carboxylic acids is 3. The van der Waals surface area contributed by atoms with E-state index >= 15 is 0 Å². The van der Waals surface area contributed by atoms with E-state index in [9.17, 15) is 14.4 Å². The maximum atomic E-state index is 12.8. The molecule has 0 spiro atoms. The van der Waals surface area contributed by atoms with Gasteiger partial charge in [-0.1, -0.05) is 207 Å². The Morgan fingerprint density at radius 2 is 0.606 bits per heavy atom. The molecule has 0 aromatic rings. The number of carbonyl (C=O) groups is 3. The van der Waals surface area contributed by atoms with Gasteiger partial charge in [-0.3, -0.25) is 14.4 Å². The van der Waals surface area contributed by atoms with E-state index in [1.807, 2.05) is 0 Å². The minimum Gasteiger partial charge on any atom is -0.462 e. The molecule has 6 nitrogen and oxygen atoms in total. The number of hydrogen-bond acceptors (Lipinski definition) is 6. The Kier molecular flexibility index (Phi) is 50.5. The van der Waals surface area contributed by atoms with Crippen LogP contribution in [0.15, 0.2) is 109 Å². The predicted molar refractivity (Wildman–Crippen MR) is 283 cm³/mol. The second-order valence-corrected chi connectivity index (χ2v) is 17.4. The summed E-state index contributed by atoms with van der Waals surface area (Å²) in [5.74, 6) is -0.986. The Balaban J connectivity index is 4.52. The highest BCUT2D eigenvalue weighted by Crippen LogP contribution is 2.14. The second kappa shape index (κ2) is 53.7. The fraction of sp³-hybridized carbons (Fsp3) is 0.650. The molecule has 0 fully saturated rings. The molecule has 0 aromatic carbocycles. The molecule has 0 rings (SSSR count). The molecular weight excluding hydrogens is 817 g/mol. The van der Waals surface area contributed by atoms with E-state index in [-0.39, 0.29) is 37.5 Å². The first kappa shape index (κ1) is 62.1. The van der Waals surface area contributed by atoms with Gasteiger partial charge in [0.05, 0.1) is 0 Å². The van der Waals surface area contributed by atoms with Gasteiger partial charge < -0.3 is 14.2 Å². The Labute approximate surface area is 406 Å². The molecular formula is C60H98O6. The summed E-state index contributed by atoms with van der Waals surface area (Å²) in [4.78, 5) is 38.1. The highest BCUT2D eigenvalue weighted by molar-refractivity contribution is 5.71. The van der Waals surface area contributed by atoms with E-state index in [0.29, 0.717) is 19.3 Å². The number of ether oxygens (including phenoxy) is 3. The summed E-state index contributed by atoms with van der Waals surface area (Å²) >= 11 is 0. The molecule has 0 saturated carbocycles. The van der Waals surface area contributed by atoms with Crippen molar-refractivity contribution in [2.45, 2.75) is 239 Å². The Hall–Kier alpha value is -3.93. The normalized spacial score (nSPS) is 13.0. The SMILES string of the molecule is CC/C=C\C/C=C\C/C=C\C/C=C\C/C=C\CCCC(=O)OCC(COC(=O)CCCCCCCCC/C=C\CCCCCC)OC(=O)CCCCCCCC/C=C\C/C=C\C/C=C\CC. The van der Waals surface area contributed by atoms with E-state index in [1.54, 1.807) is 0 Å². The van der Waals surface area contributed by atoms with Crippen molar-refractivity contribution in [1.29, 1.82) is 0 Å². The van der Waals surface area contributed by atoms with Crippen molar-refractivity contribution in [3.05, 3.63) is 109 Å². The monoisotopic (exact) mass is 915 g/mol. The van der Waals surface area contributed by atoms with E-state index < -0.39 is 6.10 Å². The van der Waals surface area contributed by atoms with Crippen molar-refractivity contribution in [3.8, 4) is 0 Å². The zero-order valence-electron chi connectivity index (χ0n) is 42.7. The van der Waals surface area contributed by atoms with Crippen molar-refractivity contribution in [2.75, 3.05) is 13.2 Å². The van der Waals surface area contributed by atoms with Crippen molar-refractivity contribution in [1.82, 2.24) is 0 Å². The van der Waals surface area contributed by atoms with Gasteiger partial charge in [-0.15, -0.1) is 0 Å². The number of esters is 3. The van der Waals surface area contributed by atoms with Crippen LogP contribution < -0.4 is 0 Å². The van der Waals surface area contributed by atoms with E-state index in [2.05, 4.69) is 130 Å². The van der Waals surface area contributed by atoms with Crippen LogP contribution in [0.5, 0.6) is 0 Å². The lowest BCUT2D eigenvalue weighted by molar-refractivity contribution is -0.167. The molecule has 0 N–H and O–H groups in total. The van der Waals surface area contributed by atoms with Crippen molar-refractivity contribution in [2.24, 2.45) is 0 Å². The number of unbranched alkanes of at least 4 members (excludes halogenated alkanes) is 18. The lowest BCUT2D eigenvalue weighted by Gasteiger charge is -2.18. The molecule has 0 aliphatic carbocycles. The average molecular weight is 915 g/mol. The van der Waals surface area contributed by atoms with Gasteiger partial charge in [0, 0.05) is 19.3 Å². The summed E-state index contributed by atoms with van der Waals surface area (Å²) in [6.45, 7) is 6.33. The third kappa shape index (κ3) is 51.1. The Morgan fingerprint density at radius 1 is 0.318 bits per heavy atom. The molecule has 0 bridgehead atoms. The molecule has 0 aliphatic heterocycles. The first-order chi connectivity index (χ1) is 32.5. The fourth-order valence-electron chi connectivity index (χ4n) is 7.02. The van der Waals surface area contributed by atoms with Crippen LogP contribution in [0.1, 0.15) is 233 Å². The minimum absolute atomic E-state index is 0.105. The zero-order valence-corrected chi connectivity index (χ0v) is 42.7. The highest BCUT2D eigenvalue weighted by Gasteiger charge is 2.19. The topological polar surface area (TPSA) is 78.9 Å². The molecule has 0 radical (unpaired) electrons. The summed E-state index contributed by atoms with van der Waals surface area (Å²) in [5, 5.41) is 0. The van der Waals surface area contributed by atoms with Crippen LogP contribution >= 0.6 is 0 Å². The van der Waals surface area contributed by atoms with Gasteiger partial charge in [0.25, 0.3) is 0 Å². The molecule has 6 heteroatoms. The molecule has 1 atom stereocenters. The maximum Gasteiger partial charge on any atom is 0.306 e. The van der Waals surface area contributed by atoms with Gasteiger partial charge in [-0.2, -0.15) is 0 Å². The van der Waals surface area contributed by atoms with E-state index in [0.717, 1.165) is 109 Å². The van der Waals surface area contributed by atoms with Crippen LogP contribution in [0.25, 0.3) is 0 Å². The molecule has 0 saturated heterocycles. The van der Waals surface area contributed by atoms with Crippen LogP contribution in [-0.2, 0) is 28.6 Å². The van der Waals surface area contributed by atoms with Crippen molar-refractivity contribution < 1.29 is 28.6 Å². The molecule has 0 aromatic heterocycles. The lowest BCUT2D eigenvalue weighted by Crippen LogP contribution is -2.30. The predicted octanol–water partition coefficient (Wildman–Crippen LogP) is 17.9. The zero-order chi connectivity index (χ0) is 47.9. The average Bonchev–Trinajstić information content (AvgIpc) is 3.31. The molecule has 0 amide bonds. The summed E-state index contributed by atoms with van der Waals surface area (Å²) in [7, 11) is 0. The second-order valence-electron chi connectivity index (χ2n) is 17.4. The third-order valence-electron chi connectivity index (χ3n) is 11.0. The summed E-state index contributed by atoms with van der Waals surface area (Å²) in [6.07, 6.45) is 72.2. The first-order valence-electron chi connectivity index (χ1n) is 26.9. The van der Waals surface area contributed by atoms with Gasteiger partial charge in [0.1, 0.15) is 13.2 Å². The van der Waals surface area contributed by atoms with Crippen molar-refractivity contribution in [3.63, 3.8) is 0 Å². The molecule has 0 heterocycles. The molecule has 0 aliphatic rings. The van der Waals surface area contributed by atoms with Gasteiger partial charge in [-0.05, 0) is 116 Å². The minimum atomic E-state index is -0.811. The van der Waals surface area contributed by atoms with Gasteiger partial charge >= 0.3 is 17.9 Å². The Morgan fingerprint density at radius 3 is 1.00 bits per heavy atom. The van der Waals surface area contributed by atoms with Crippen molar-refractivity contribution >= 4 is 17.9 Å². The standard InChI is InChI=1S/C60H98O6/c1-4-7-10-13-16-19-22-25-28-30-33-35-38-41-44-47-50-53-59(62)65-56-57(55-64-58(61)52-49-46-43-40-37-34-31-27-24-21-18-15-12-9-6-3)66-60(63)54-51-48-45-42-39-36-32-29-26-23-20-17-14-11-8-5-2/h7-8,10-11,16-17,19-21,24-26,28-29,33,35,41,44,57H,4-6,9,12-15,18,22-23,27,30-32,34,36-40,42-43,45-56H2,1-3H3/b10-7-,11-8-,19-16-,20-17-,24-21-,28-25-,29-26-,35-33-,44-41-. The van der Waals surface area contributed by atoms with Gasteiger partial charge in [-0.25, -0.2) is 0 Å². The quantitative estimate of drug-likeness (QED) is 0.0262. The van der Waals surface area contributed by atoms with Crippen LogP contribution in [0.2, 0.25) is 0 Å². The fourth-order valence-corrected chi connectivity index (χ4v) is 7.02. The Bertz CT molecular complexity index is 1370. The smallest absolute Gasteiger partial charge is 0.306 e. The van der Waals surface area contributed by atoms with Crippen LogP contribution in [-0.4, -0.2) is 37.2 Å². The van der Waals surface area contributed by atoms with Crippen LogP contribution in [0.3, 0.4) is 0 Å².